The molecule has 0 amide bonds. The zero-order valence-corrected chi connectivity index (χ0v) is 12.5. The summed E-state index contributed by atoms with van der Waals surface area (Å²) in [5, 5.41) is 0. The van der Waals surface area contributed by atoms with E-state index in [2.05, 4.69) is 37.5 Å². The van der Waals surface area contributed by atoms with Crippen molar-refractivity contribution < 1.29 is 0 Å². The van der Waals surface area contributed by atoms with Gasteiger partial charge < -0.3 is 10.3 Å². The normalized spacial score (nSPS) is 13.1. The van der Waals surface area contributed by atoms with Crippen molar-refractivity contribution in [3.8, 4) is 0 Å². The summed E-state index contributed by atoms with van der Waals surface area (Å²) in [4.78, 5) is 4.73. The van der Waals surface area contributed by atoms with Gasteiger partial charge in [-0.25, -0.2) is 4.98 Å². The molecule has 0 saturated heterocycles. The second-order valence-electron chi connectivity index (χ2n) is 5.54. The molecule has 0 aliphatic carbocycles. The van der Waals surface area contributed by atoms with Crippen molar-refractivity contribution in [1.82, 2.24) is 9.55 Å². The summed E-state index contributed by atoms with van der Waals surface area (Å²) >= 11 is 0. The second-order valence-corrected chi connectivity index (χ2v) is 5.54. The highest BCUT2D eigenvalue weighted by atomic mass is 15.1. The number of imidazole rings is 1. The van der Waals surface area contributed by atoms with E-state index < -0.39 is 0 Å². The maximum Gasteiger partial charge on any atom is 0.126 e. The number of nitrogens with zero attached hydrogens (tertiary/aromatic N) is 2. The van der Waals surface area contributed by atoms with Gasteiger partial charge >= 0.3 is 0 Å². The minimum absolute atomic E-state index is 0.0189. The Morgan fingerprint density at radius 3 is 2.53 bits per heavy atom. The zero-order chi connectivity index (χ0) is 14.0. The fraction of sp³-hybridized carbons (Fsp3) is 0.562. The lowest BCUT2D eigenvalue weighted by Crippen LogP contribution is -2.13. The lowest BCUT2D eigenvalue weighted by Gasteiger charge is -2.11. The van der Waals surface area contributed by atoms with Crippen molar-refractivity contribution in [1.29, 1.82) is 0 Å². The first-order valence-corrected chi connectivity index (χ1v) is 7.27. The van der Waals surface area contributed by atoms with Crippen molar-refractivity contribution in [2.24, 2.45) is 5.73 Å². The Morgan fingerprint density at radius 1 is 1.21 bits per heavy atom. The van der Waals surface area contributed by atoms with Gasteiger partial charge in [0.25, 0.3) is 0 Å². The van der Waals surface area contributed by atoms with Gasteiger partial charge in [0.05, 0.1) is 17.1 Å². The molecule has 1 unspecified atom stereocenters. The third-order valence-corrected chi connectivity index (χ3v) is 3.79. The van der Waals surface area contributed by atoms with Gasteiger partial charge in [0.1, 0.15) is 5.82 Å². The highest BCUT2D eigenvalue weighted by Gasteiger charge is 2.14. The molecule has 0 fully saturated rings. The van der Waals surface area contributed by atoms with E-state index in [1.165, 1.54) is 35.9 Å². The van der Waals surface area contributed by atoms with E-state index >= 15 is 0 Å². The predicted molar refractivity (Wildman–Crippen MR) is 81.3 cm³/mol. The average Bonchev–Trinajstić information content (AvgIpc) is 2.69. The predicted octanol–water partition coefficient (Wildman–Crippen LogP) is 3.86. The molecule has 2 N–H and O–H groups in total. The van der Waals surface area contributed by atoms with Crippen LogP contribution in [0.2, 0.25) is 0 Å². The summed E-state index contributed by atoms with van der Waals surface area (Å²) in [6.07, 6.45) is 3.68. The Morgan fingerprint density at radius 2 is 1.89 bits per heavy atom. The number of rotatable bonds is 5. The van der Waals surface area contributed by atoms with E-state index in [1.54, 1.807) is 0 Å². The summed E-state index contributed by atoms with van der Waals surface area (Å²) < 4.78 is 2.31. The highest BCUT2D eigenvalue weighted by Crippen LogP contribution is 2.23. The number of benzene rings is 1. The molecule has 0 radical (unpaired) electrons. The molecule has 0 aliphatic rings. The molecule has 1 atom stereocenters. The molecule has 2 rings (SSSR count). The van der Waals surface area contributed by atoms with E-state index in [0.717, 1.165) is 17.9 Å². The molecule has 2 aromatic rings. The molecule has 19 heavy (non-hydrogen) atoms. The number of unbranched alkanes of at least 4 members (excludes halogenated alkanes) is 2. The fourth-order valence-electron chi connectivity index (χ4n) is 2.50. The number of hydrogen-bond donors (Lipinski definition) is 1. The van der Waals surface area contributed by atoms with E-state index in [1.807, 2.05) is 6.92 Å². The van der Waals surface area contributed by atoms with Crippen LogP contribution in [0, 0.1) is 13.8 Å². The minimum Gasteiger partial charge on any atom is -0.327 e. The van der Waals surface area contributed by atoms with Crippen molar-refractivity contribution in [3.05, 3.63) is 29.1 Å². The third kappa shape index (κ3) is 2.81. The van der Waals surface area contributed by atoms with Crippen LogP contribution in [0.5, 0.6) is 0 Å². The minimum atomic E-state index is -0.0189. The molecule has 0 saturated carbocycles. The molecule has 0 aliphatic heterocycles. The van der Waals surface area contributed by atoms with E-state index in [4.69, 9.17) is 10.7 Å². The monoisotopic (exact) mass is 259 g/mol. The standard InChI is InChI=1S/C16H25N3/c1-5-6-7-8-19-15-10-12(3)11(2)9-14(15)18-16(19)13(4)17/h9-10,13H,5-8,17H2,1-4H3. The van der Waals surface area contributed by atoms with Crippen LogP contribution in [0.25, 0.3) is 11.0 Å². The van der Waals surface area contributed by atoms with Crippen LogP contribution in [0.15, 0.2) is 12.1 Å². The number of nitrogens with two attached hydrogens (primary N) is 1. The molecule has 0 spiro atoms. The van der Waals surface area contributed by atoms with E-state index in [-0.39, 0.29) is 6.04 Å². The van der Waals surface area contributed by atoms with Crippen molar-refractivity contribution >= 4 is 11.0 Å². The summed E-state index contributed by atoms with van der Waals surface area (Å²) in [6.45, 7) is 9.55. The van der Waals surface area contributed by atoms with Crippen LogP contribution >= 0.6 is 0 Å². The van der Waals surface area contributed by atoms with Crippen molar-refractivity contribution in [3.63, 3.8) is 0 Å². The van der Waals surface area contributed by atoms with Crippen LogP contribution in [0.1, 0.15) is 56.1 Å². The lowest BCUT2D eigenvalue weighted by molar-refractivity contribution is 0.570. The first kappa shape index (κ1) is 14.1. The Labute approximate surface area is 115 Å². The van der Waals surface area contributed by atoms with E-state index in [9.17, 15) is 0 Å². The van der Waals surface area contributed by atoms with Crippen LogP contribution in [-0.4, -0.2) is 9.55 Å². The number of aromatic nitrogens is 2. The van der Waals surface area contributed by atoms with Crippen molar-refractivity contribution in [2.45, 2.75) is 59.5 Å². The summed E-state index contributed by atoms with van der Waals surface area (Å²) in [5.74, 6) is 1.01. The molecular weight excluding hydrogens is 234 g/mol. The van der Waals surface area contributed by atoms with Crippen LogP contribution < -0.4 is 5.73 Å². The molecular formula is C16H25N3. The Hall–Kier alpha value is -1.35. The molecule has 1 aromatic carbocycles. The van der Waals surface area contributed by atoms with Gasteiger partial charge in [0, 0.05) is 6.54 Å². The molecule has 3 nitrogen and oxygen atoms in total. The number of aryl methyl sites for hydroxylation is 3. The van der Waals surface area contributed by atoms with Gasteiger partial charge in [-0.3, -0.25) is 0 Å². The Kier molecular flexibility index (Phi) is 4.25. The van der Waals surface area contributed by atoms with E-state index in [0.29, 0.717) is 0 Å². The fourth-order valence-corrected chi connectivity index (χ4v) is 2.50. The van der Waals surface area contributed by atoms with Gasteiger partial charge in [-0.15, -0.1) is 0 Å². The van der Waals surface area contributed by atoms with Crippen LogP contribution in [0.4, 0.5) is 0 Å². The lowest BCUT2D eigenvalue weighted by atomic mass is 10.1. The zero-order valence-electron chi connectivity index (χ0n) is 12.5. The SMILES string of the molecule is CCCCCn1c(C(C)N)nc2cc(C)c(C)cc21. The number of fused-ring (bicyclic) bond motifs is 1. The van der Waals surface area contributed by atoms with Gasteiger partial charge in [0.15, 0.2) is 0 Å². The molecule has 1 heterocycles. The highest BCUT2D eigenvalue weighted by molar-refractivity contribution is 5.78. The summed E-state index contributed by atoms with van der Waals surface area (Å²) in [6, 6.07) is 4.40. The van der Waals surface area contributed by atoms with Gasteiger partial charge in [0.2, 0.25) is 0 Å². The smallest absolute Gasteiger partial charge is 0.126 e. The van der Waals surface area contributed by atoms with Crippen LogP contribution in [0.3, 0.4) is 0 Å². The quantitative estimate of drug-likeness (QED) is 0.828. The van der Waals surface area contributed by atoms with Gasteiger partial charge in [-0.1, -0.05) is 19.8 Å². The molecule has 3 heteroatoms. The number of hydrogen-bond acceptors (Lipinski definition) is 2. The van der Waals surface area contributed by atoms with Gasteiger partial charge in [-0.05, 0) is 50.5 Å². The average molecular weight is 259 g/mol. The maximum atomic E-state index is 6.08. The first-order chi connectivity index (χ1) is 9.04. The molecule has 104 valence electrons. The topological polar surface area (TPSA) is 43.8 Å². The maximum absolute atomic E-state index is 6.08. The second kappa shape index (κ2) is 5.74. The third-order valence-electron chi connectivity index (χ3n) is 3.79. The summed E-state index contributed by atoms with van der Waals surface area (Å²) in [7, 11) is 0. The molecule has 0 bridgehead atoms. The Balaban J connectivity index is 2.49. The Bertz CT molecular complexity index is 567. The first-order valence-electron chi connectivity index (χ1n) is 7.27. The summed E-state index contributed by atoms with van der Waals surface area (Å²) in [5.41, 5.74) is 11.0. The largest absolute Gasteiger partial charge is 0.327 e. The van der Waals surface area contributed by atoms with Crippen LogP contribution in [-0.2, 0) is 6.54 Å². The van der Waals surface area contributed by atoms with Gasteiger partial charge in [-0.2, -0.15) is 0 Å². The molecule has 1 aromatic heterocycles. The van der Waals surface area contributed by atoms with Crippen molar-refractivity contribution in [2.75, 3.05) is 0 Å².